The molecule has 0 saturated carbocycles. The van der Waals surface area contributed by atoms with Crippen molar-refractivity contribution in [2.24, 2.45) is 4.99 Å². The van der Waals surface area contributed by atoms with Gasteiger partial charge in [-0.3, -0.25) is 4.99 Å². The Morgan fingerprint density at radius 3 is 2.90 bits per heavy atom. The van der Waals surface area contributed by atoms with Crippen LogP contribution in [0.5, 0.6) is 0 Å². The van der Waals surface area contributed by atoms with E-state index in [-0.39, 0.29) is 4.87 Å². The van der Waals surface area contributed by atoms with Crippen LogP contribution in [-0.4, -0.2) is 29.7 Å². The van der Waals surface area contributed by atoms with Crippen LogP contribution in [-0.2, 0) is 0 Å². The summed E-state index contributed by atoms with van der Waals surface area (Å²) in [4.78, 5) is 6.27. The van der Waals surface area contributed by atoms with Crippen LogP contribution in [0.4, 0.5) is 0 Å². The molecule has 0 saturated heterocycles. The molecule has 0 aromatic heterocycles. The van der Waals surface area contributed by atoms with Crippen molar-refractivity contribution >= 4 is 28.0 Å². The van der Waals surface area contributed by atoms with Gasteiger partial charge in [-0.25, -0.2) is 0 Å². The van der Waals surface area contributed by atoms with Gasteiger partial charge in [0.05, 0.1) is 6.34 Å². The fraction of sp³-hybridized carbons (Fsp3) is 0.833. The van der Waals surface area contributed by atoms with Crippen LogP contribution < -0.4 is 0 Å². The highest BCUT2D eigenvalue weighted by Crippen LogP contribution is 2.34. The van der Waals surface area contributed by atoms with Crippen LogP contribution in [0.1, 0.15) is 13.3 Å². The van der Waals surface area contributed by atoms with E-state index in [1.807, 2.05) is 20.3 Å². The molecule has 10 heavy (non-hydrogen) atoms. The predicted octanol–water partition coefficient (Wildman–Crippen LogP) is 1.95. The van der Waals surface area contributed by atoms with Gasteiger partial charge in [-0.15, -0.1) is 0 Å². The summed E-state index contributed by atoms with van der Waals surface area (Å²) in [7, 11) is 8.97. The molecule has 4 heteroatoms. The fourth-order valence-corrected chi connectivity index (χ4v) is 1.39. The van der Waals surface area contributed by atoms with Gasteiger partial charge in [-0.05, 0) is 28.6 Å². The third-order valence-electron chi connectivity index (χ3n) is 1.62. The first-order valence-electron chi connectivity index (χ1n) is 3.22. The second-order valence-electron chi connectivity index (χ2n) is 2.73. The topological polar surface area (TPSA) is 15.6 Å². The number of nitrogens with zero attached hydrogens (tertiary/aromatic N) is 2. The first-order valence-corrected chi connectivity index (χ1v) is 4.86. The Balaban J connectivity index is 2.59. The number of halogens is 1. The van der Waals surface area contributed by atoms with Gasteiger partial charge in [-0.1, -0.05) is 0 Å². The number of hydrogen-bond acceptors (Lipinski definition) is 3. The highest BCUT2D eigenvalue weighted by molar-refractivity contribution is 8.22. The van der Waals surface area contributed by atoms with Crippen molar-refractivity contribution in [2.45, 2.75) is 18.2 Å². The quantitative estimate of drug-likeness (QED) is 0.610. The maximum atomic E-state index is 5.65. The first kappa shape index (κ1) is 8.21. The van der Waals surface area contributed by atoms with Crippen molar-refractivity contribution in [3.63, 3.8) is 0 Å². The van der Waals surface area contributed by atoms with E-state index >= 15 is 0 Å². The maximum absolute atomic E-state index is 5.65. The van der Waals surface area contributed by atoms with Crippen molar-refractivity contribution in [1.82, 2.24) is 4.90 Å². The second-order valence-corrected chi connectivity index (χ2v) is 4.22. The van der Waals surface area contributed by atoms with E-state index in [1.54, 1.807) is 0 Å². The number of rotatable bonds is 1. The summed E-state index contributed by atoms with van der Waals surface area (Å²) >= 11 is 0. The van der Waals surface area contributed by atoms with E-state index in [0.29, 0.717) is 0 Å². The van der Waals surface area contributed by atoms with Gasteiger partial charge in [0.25, 0.3) is 0 Å². The molecule has 1 heterocycles. The van der Waals surface area contributed by atoms with Crippen LogP contribution in [0, 0.1) is 0 Å². The zero-order chi connectivity index (χ0) is 7.61. The van der Waals surface area contributed by atoms with Crippen molar-refractivity contribution in [1.29, 1.82) is 0 Å². The highest BCUT2D eigenvalue weighted by Gasteiger charge is 2.25. The summed E-state index contributed by atoms with van der Waals surface area (Å²) in [6.07, 6.45) is 2.87. The Bertz CT molecular complexity index is 151. The second kappa shape index (κ2) is 3.01. The van der Waals surface area contributed by atoms with E-state index in [0.717, 1.165) is 13.0 Å². The molecule has 0 aromatic rings. The summed E-state index contributed by atoms with van der Waals surface area (Å²) in [6, 6.07) is 0. The van der Waals surface area contributed by atoms with Crippen LogP contribution in [0.3, 0.4) is 0 Å². The van der Waals surface area contributed by atoms with Gasteiger partial charge < -0.3 is 4.90 Å². The van der Waals surface area contributed by atoms with Gasteiger partial charge >= 0.3 is 0 Å². The van der Waals surface area contributed by atoms with Crippen molar-refractivity contribution in [3.8, 4) is 0 Å². The predicted molar refractivity (Wildman–Crippen MR) is 47.6 cm³/mol. The largest absolute Gasteiger partial charge is 0.366 e. The lowest BCUT2D eigenvalue weighted by Gasteiger charge is -2.29. The molecular formula is C6H11ClN2S. The van der Waals surface area contributed by atoms with Crippen molar-refractivity contribution < 1.29 is 0 Å². The van der Waals surface area contributed by atoms with E-state index in [4.69, 9.17) is 10.7 Å². The Morgan fingerprint density at radius 1 is 1.80 bits per heavy atom. The molecule has 0 spiro atoms. The maximum Gasteiger partial charge on any atom is 0.121 e. The van der Waals surface area contributed by atoms with Crippen LogP contribution in [0.15, 0.2) is 4.99 Å². The smallest absolute Gasteiger partial charge is 0.121 e. The zero-order valence-electron chi connectivity index (χ0n) is 6.17. The summed E-state index contributed by atoms with van der Waals surface area (Å²) in [5, 5.41) is 0. The number of hydrogen-bond donors (Lipinski definition) is 0. The van der Waals surface area contributed by atoms with Crippen molar-refractivity contribution in [3.05, 3.63) is 0 Å². The molecule has 1 atom stereocenters. The van der Waals surface area contributed by atoms with Gasteiger partial charge in [0, 0.05) is 20.0 Å². The summed E-state index contributed by atoms with van der Waals surface area (Å²) in [6.45, 7) is 3.09. The lowest BCUT2D eigenvalue weighted by molar-refractivity contribution is 0.425. The Morgan fingerprint density at radius 2 is 2.50 bits per heavy atom. The standard InChI is InChI=1S/C6H11ClN2S/c1-6(10-7)3-4-9(2)5-8-6/h5H,3-4H2,1-2H3. The molecular weight excluding hydrogens is 168 g/mol. The summed E-state index contributed by atoms with van der Waals surface area (Å²) in [5.41, 5.74) is 0. The minimum absolute atomic E-state index is 0.0892. The van der Waals surface area contributed by atoms with Crippen LogP contribution in [0.2, 0.25) is 0 Å². The monoisotopic (exact) mass is 178 g/mol. The van der Waals surface area contributed by atoms with Gasteiger partial charge in [-0.2, -0.15) is 0 Å². The lowest BCUT2D eigenvalue weighted by Crippen LogP contribution is -2.32. The minimum Gasteiger partial charge on any atom is -0.366 e. The van der Waals surface area contributed by atoms with Crippen LogP contribution >= 0.6 is 21.7 Å². The molecule has 2 nitrogen and oxygen atoms in total. The molecule has 0 aliphatic carbocycles. The summed E-state index contributed by atoms with van der Waals surface area (Å²) in [5.74, 6) is 0. The van der Waals surface area contributed by atoms with Gasteiger partial charge in [0.15, 0.2) is 0 Å². The molecule has 0 fully saturated rings. The molecule has 0 aromatic carbocycles. The average Bonchev–Trinajstić information content (AvgIpc) is 1.96. The van der Waals surface area contributed by atoms with Gasteiger partial charge in [0.1, 0.15) is 4.87 Å². The van der Waals surface area contributed by atoms with E-state index in [9.17, 15) is 0 Å². The molecule has 0 amide bonds. The molecule has 1 rings (SSSR count). The average molecular weight is 179 g/mol. The minimum atomic E-state index is -0.0892. The lowest BCUT2D eigenvalue weighted by atomic mass is 10.2. The fourth-order valence-electron chi connectivity index (χ4n) is 0.785. The molecule has 1 aliphatic heterocycles. The Labute approximate surface area is 70.1 Å². The highest BCUT2D eigenvalue weighted by atomic mass is 35.7. The molecule has 0 N–H and O–H groups in total. The normalized spacial score (nSPS) is 32.9. The van der Waals surface area contributed by atoms with E-state index < -0.39 is 0 Å². The Kier molecular flexibility index (Phi) is 2.47. The SMILES string of the molecule is CN1C=NC(C)(SCl)CC1. The molecule has 0 radical (unpaired) electrons. The van der Waals surface area contributed by atoms with Gasteiger partial charge in [0.2, 0.25) is 0 Å². The molecule has 58 valence electrons. The van der Waals surface area contributed by atoms with E-state index in [1.165, 1.54) is 11.0 Å². The molecule has 1 aliphatic rings. The third kappa shape index (κ3) is 1.80. The first-order chi connectivity index (χ1) is 4.66. The molecule has 1 unspecified atom stereocenters. The van der Waals surface area contributed by atoms with E-state index in [2.05, 4.69) is 9.89 Å². The summed E-state index contributed by atoms with van der Waals surface area (Å²) < 4.78 is 0. The zero-order valence-corrected chi connectivity index (χ0v) is 7.74. The number of aliphatic imine (C=N–C) groups is 1. The van der Waals surface area contributed by atoms with Crippen molar-refractivity contribution in [2.75, 3.05) is 13.6 Å². The molecule has 0 bridgehead atoms. The Hall–Kier alpha value is 0.110. The van der Waals surface area contributed by atoms with Crippen LogP contribution in [0.25, 0.3) is 0 Å². The third-order valence-corrected chi connectivity index (χ3v) is 3.26.